The molecule has 4 bridgehead atoms. The zero-order valence-corrected chi connectivity index (χ0v) is 17.6. The number of amides is 1. The van der Waals surface area contributed by atoms with E-state index in [1.807, 2.05) is 0 Å². The number of aromatic carboxylic acids is 1. The van der Waals surface area contributed by atoms with E-state index < -0.39 is 17.5 Å². The predicted octanol–water partition coefficient (Wildman–Crippen LogP) is 2.76. The largest absolute Gasteiger partial charge is 0.478 e. The van der Waals surface area contributed by atoms with Crippen LogP contribution in [0.15, 0.2) is 30.6 Å². The van der Waals surface area contributed by atoms with Crippen molar-refractivity contribution in [2.24, 2.45) is 23.5 Å². The number of carboxylic acids is 1. The normalized spacial score (nSPS) is 30.5. The first-order chi connectivity index (χ1) is 15.3. The highest BCUT2D eigenvalue weighted by molar-refractivity contribution is 5.98. The van der Waals surface area contributed by atoms with Crippen LogP contribution in [-0.4, -0.2) is 43.7 Å². The standard InChI is InChI=1S/C23H27N5O4/c24-21(29)16-11-26-20(28-19-2-1-14(10-25-19)22(30)31)6-18(16)27-17-5-13-3-12-4-15(17)9-23(32,7-12)8-13/h1-2,6,10-13,15,17,32H,3-5,7-9H2,(H2,24,29)(H,30,31)(H2,25,26,27,28)/t12?,13-,15+,17-,23-/m1/s1. The van der Waals surface area contributed by atoms with Crippen LogP contribution in [0, 0.1) is 17.8 Å². The van der Waals surface area contributed by atoms with Gasteiger partial charge in [-0.1, -0.05) is 0 Å². The van der Waals surface area contributed by atoms with Crippen molar-refractivity contribution < 1.29 is 19.8 Å². The molecule has 0 saturated heterocycles. The number of fused-ring (bicyclic) bond motifs is 1. The molecule has 0 aliphatic heterocycles. The summed E-state index contributed by atoms with van der Waals surface area (Å²) in [6, 6.07) is 4.90. The number of anilines is 3. The van der Waals surface area contributed by atoms with E-state index in [1.165, 1.54) is 24.9 Å². The Morgan fingerprint density at radius 3 is 2.44 bits per heavy atom. The Bertz CT molecular complexity index is 1060. The van der Waals surface area contributed by atoms with E-state index in [2.05, 4.69) is 20.6 Å². The first-order valence-corrected chi connectivity index (χ1v) is 11.0. The van der Waals surface area contributed by atoms with Gasteiger partial charge >= 0.3 is 5.97 Å². The van der Waals surface area contributed by atoms with Crippen molar-refractivity contribution >= 4 is 29.2 Å². The molecule has 0 spiro atoms. The number of hydrogen-bond donors (Lipinski definition) is 5. The number of primary amides is 1. The van der Waals surface area contributed by atoms with Crippen molar-refractivity contribution in [3.8, 4) is 0 Å². The molecule has 4 aliphatic rings. The Morgan fingerprint density at radius 2 is 1.78 bits per heavy atom. The van der Waals surface area contributed by atoms with Gasteiger partial charge in [0.05, 0.1) is 22.4 Å². The third-order valence-electron chi connectivity index (χ3n) is 7.22. The van der Waals surface area contributed by atoms with Gasteiger partial charge in [-0.3, -0.25) is 4.79 Å². The number of nitrogens with zero attached hydrogens (tertiary/aromatic N) is 2. The van der Waals surface area contributed by atoms with E-state index in [0.717, 1.165) is 32.1 Å². The van der Waals surface area contributed by atoms with Gasteiger partial charge in [-0.25, -0.2) is 14.8 Å². The van der Waals surface area contributed by atoms with Crippen LogP contribution in [0.3, 0.4) is 0 Å². The van der Waals surface area contributed by atoms with Crippen molar-refractivity contribution in [1.82, 2.24) is 9.97 Å². The molecule has 32 heavy (non-hydrogen) atoms. The minimum absolute atomic E-state index is 0.0918. The second kappa shape index (κ2) is 7.74. The molecule has 1 amide bonds. The second-order valence-corrected chi connectivity index (χ2v) is 9.63. The molecule has 6 N–H and O–H groups in total. The van der Waals surface area contributed by atoms with Gasteiger partial charge in [0, 0.05) is 24.5 Å². The molecule has 6 rings (SSSR count). The summed E-state index contributed by atoms with van der Waals surface area (Å²) in [5.74, 6) is 0.705. The molecule has 0 aromatic carbocycles. The van der Waals surface area contributed by atoms with Crippen LogP contribution in [0.5, 0.6) is 0 Å². The lowest BCUT2D eigenvalue weighted by Crippen LogP contribution is -2.44. The minimum atomic E-state index is -1.05. The number of carbonyl (C=O) groups is 2. The second-order valence-electron chi connectivity index (χ2n) is 9.63. The first-order valence-electron chi connectivity index (χ1n) is 11.0. The van der Waals surface area contributed by atoms with Crippen molar-refractivity contribution in [1.29, 1.82) is 0 Å². The van der Waals surface area contributed by atoms with Crippen LogP contribution < -0.4 is 16.4 Å². The molecule has 168 valence electrons. The average molecular weight is 438 g/mol. The number of pyridine rings is 2. The summed E-state index contributed by atoms with van der Waals surface area (Å²) in [4.78, 5) is 31.4. The molecule has 4 fully saturated rings. The highest BCUT2D eigenvalue weighted by atomic mass is 16.4. The Morgan fingerprint density at radius 1 is 1.03 bits per heavy atom. The number of carbonyl (C=O) groups excluding carboxylic acids is 1. The SMILES string of the molecule is NC(=O)c1cnc(Nc2ccc(C(=O)O)cn2)cc1N[C@@H]1C[C@H]2CC3C[C@H]1C[C@@](O)(C3)C2. The molecular weight excluding hydrogens is 410 g/mol. The third-order valence-corrected chi connectivity index (χ3v) is 7.22. The highest BCUT2D eigenvalue weighted by Crippen LogP contribution is 2.53. The van der Waals surface area contributed by atoms with E-state index in [-0.39, 0.29) is 11.6 Å². The predicted molar refractivity (Wildman–Crippen MR) is 118 cm³/mol. The maximum absolute atomic E-state index is 12.1. The summed E-state index contributed by atoms with van der Waals surface area (Å²) < 4.78 is 0. The number of aliphatic hydroxyl groups is 1. The third kappa shape index (κ3) is 4.00. The topological polar surface area (TPSA) is 150 Å². The van der Waals surface area contributed by atoms with Gasteiger partial charge in [-0.05, 0) is 68.4 Å². The minimum Gasteiger partial charge on any atom is -0.478 e. The molecular formula is C23H27N5O4. The van der Waals surface area contributed by atoms with Crippen molar-refractivity contribution in [2.75, 3.05) is 10.6 Å². The molecule has 9 nitrogen and oxygen atoms in total. The van der Waals surface area contributed by atoms with Crippen LogP contribution in [0.4, 0.5) is 17.3 Å². The number of rotatable bonds is 6. The highest BCUT2D eigenvalue weighted by Gasteiger charge is 2.50. The Hall–Kier alpha value is -3.20. The molecule has 5 atom stereocenters. The number of nitrogens with two attached hydrogens (primary N) is 1. The zero-order chi connectivity index (χ0) is 22.5. The molecule has 2 heterocycles. The molecule has 2 aromatic rings. The summed E-state index contributed by atoms with van der Waals surface area (Å²) in [6.45, 7) is 0. The van der Waals surface area contributed by atoms with E-state index in [0.29, 0.717) is 40.6 Å². The molecule has 4 aliphatic carbocycles. The van der Waals surface area contributed by atoms with E-state index in [4.69, 9.17) is 10.8 Å². The smallest absolute Gasteiger partial charge is 0.337 e. The fourth-order valence-electron chi connectivity index (χ4n) is 6.12. The van der Waals surface area contributed by atoms with Crippen LogP contribution in [0.2, 0.25) is 0 Å². The summed E-state index contributed by atoms with van der Waals surface area (Å²) in [5, 5.41) is 26.6. The van der Waals surface area contributed by atoms with Crippen molar-refractivity contribution in [3.05, 3.63) is 41.7 Å². The first kappa shape index (κ1) is 20.7. The maximum atomic E-state index is 12.1. The number of nitrogens with one attached hydrogen (secondary N) is 2. The van der Waals surface area contributed by atoms with Gasteiger partial charge in [0.15, 0.2) is 0 Å². The lowest BCUT2D eigenvalue weighted by Gasteiger charge is -2.45. The van der Waals surface area contributed by atoms with Gasteiger partial charge in [-0.2, -0.15) is 0 Å². The lowest BCUT2D eigenvalue weighted by molar-refractivity contribution is -0.0711. The monoisotopic (exact) mass is 437 g/mol. The van der Waals surface area contributed by atoms with Crippen molar-refractivity contribution in [3.63, 3.8) is 0 Å². The van der Waals surface area contributed by atoms with Gasteiger partial charge in [0.2, 0.25) is 0 Å². The summed E-state index contributed by atoms with van der Waals surface area (Å²) in [6.07, 6.45) is 8.50. The van der Waals surface area contributed by atoms with E-state index in [9.17, 15) is 14.7 Å². The van der Waals surface area contributed by atoms with Crippen LogP contribution in [0.1, 0.15) is 59.2 Å². The van der Waals surface area contributed by atoms with Gasteiger partial charge in [0.1, 0.15) is 11.6 Å². The van der Waals surface area contributed by atoms with Crippen LogP contribution in [-0.2, 0) is 0 Å². The maximum Gasteiger partial charge on any atom is 0.337 e. The number of carboxylic acid groups (broad SMARTS) is 1. The van der Waals surface area contributed by atoms with E-state index >= 15 is 0 Å². The fourth-order valence-corrected chi connectivity index (χ4v) is 6.12. The van der Waals surface area contributed by atoms with Gasteiger partial charge in [0.25, 0.3) is 5.91 Å². The van der Waals surface area contributed by atoms with Gasteiger partial charge in [-0.15, -0.1) is 0 Å². The molecule has 0 radical (unpaired) electrons. The quantitative estimate of drug-likeness (QED) is 0.463. The van der Waals surface area contributed by atoms with Crippen molar-refractivity contribution in [2.45, 2.75) is 50.2 Å². The van der Waals surface area contributed by atoms with Crippen LogP contribution >= 0.6 is 0 Å². The lowest BCUT2D eigenvalue weighted by atomic mass is 9.65. The summed E-state index contributed by atoms with van der Waals surface area (Å²) >= 11 is 0. The Balaban J connectivity index is 1.39. The summed E-state index contributed by atoms with van der Waals surface area (Å²) in [5.41, 5.74) is 6.08. The molecule has 4 saturated carbocycles. The molecule has 2 aromatic heterocycles. The average Bonchev–Trinajstić information content (AvgIpc) is 2.89. The van der Waals surface area contributed by atoms with Crippen LogP contribution in [0.25, 0.3) is 0 Å². The Labute approximate surface area is 185 Å². The number of aromatic nitrogens is 2. The zero-order valence-electron chi connectivity index (χ0n) is 17.6. The fraction of sp³-hybridized carbons (Fsp3) is 0.478. The van der Waals surface area contributed by atoms with Gasteiger partial charge < -0.3 is 26.6 Å². The summed E-state index contributed by atoms with van der Waals surface area (Å²) in [7, 11) is 0. The molecule has 9 heteroatoms. The number of hydrogen-bond acceptors (Lipinski definition) is 7. The van der Waals surface area contributed by atoms with E-state index in [1.54, 1.807) is 12.1 Å². The molecule has 1 unspecified atom stereocenters. The Kier molecular flexibility index (Phi) is 5.00.